The maximum atomic E-state index is 12.8. The molecule has 0 radical (unpaired) electrons. The van der Waals surface area contributed by atoms with Gasteiger partial charge in [-0.05, 0) is 61.3 Å². The van der Waals surface area contributed by atoms with Crippen molar-refractivity contribution in [2.75, 3.05) is 26.2 Å². The van der Waals surface area contributed by atoms with Gasteiger partial charge < -0.3 is 20.1 Å². The summed E-state index contributed by atoms with van der Waals surface area (Å²) < 4.78 is 5.62. The van der Waals surface area contributed by atoms with Gasteiger partial charge in [-0.1, -0.05) is 0 Å². The quantitative estimate of drug-likeness (QED) is 0.853. The van der Waals surface area contributed by atoms with Crippen molar-refractivity contribution in [3.8, 4) is 5.75 Å². The smallest absolute Gasteiger partial charge is 0.320 e. The molecule has 134 valence electrons. The van der Waals surface area contributed by atoms with Crippen LogP contribution in [0.25, 0.3) is 0 Å². The fraction of sp³-hybridized carbons (Fsp3) is 0.579. The van der Waals surface area contributed by atoms with E-state index in [1.807, 2.05) is 23.1 Å². The summed E-state index contributed by atoms with van der Waals surface area (Å²) in [5.41, 5.74) is 1.88. The SMILES string of the molecule is O=C(O)[C@@H]1CC2(CCN(C(=O)c3ccc4c(c3)CCCO4)CC2)CN1. The lowest BCUT2D eigenvalue weighted by Gasteiger charge is -2.39. The van der Waals surface area contributed by atoms with Crippen molar-refractivity contribution in [3.05, 3.63) is 29.3 Å². The molecule has 1 aromatic carbocycles. The van der Waals surface area contributed by atoms with E-state index >= 15 is 0 Å². The van der Waals surface area contributed by atoms with E-state index in [0.29, 0.717) is 19.5 Å². The lowest BCUT2D eigenvalue weighted by Crippen LogP contribution is -2.44. The summed E-state index contributed by atoms with van der Waals surface area (Å²) in [7, 11) is 0. The Morgan fingerprint density at radius 1 is 1.28 bits per heavy atom. The van der Waals surface area contributed by atoms with Gasteiger partial charge >= 0.3 is 5.97 Å². The van der Waals surface area contributed by atoms with Crippen LogP contribution in [0.1, 0.15) is 41.6 Å². The van der Waals surface area contributed by atoms with Gasteiger partial charge in [0.1, 0.15) is 11.8 Å². The van der Waals surface area contributed by atoms with Crippen LogP contribution in [-0.2, 0) is 11.2 Å². The van der Waals surface area contributed by atoms with Crippen molar-refractivity contribution >= 4 is 11.9 Å². The first kappa shape index (κ1) is 16.4. The second-order valence-corrected chi connectivity index (χ2v) is 7.54. The number of carbonyl (C=O) groups is 2. The van der Waals surface area contributed by atoms with Crippen LogP contribution in [0.15, 0.2) is 18.2 Å². The molecule has 1 spiro atoms. The Morgan fingerprint density at radius 2 is 2.08 bits per heavy atom. The Morgan fingerprint density at radius 3 is 2.80 bits per heavy atom. The van der Waals surface area contributed by atoms with Crippen molar-refractivity contribution in [2.24, 2.45) is 5.41 Å². The first-order valence-electron chi connectivity index (χ1n) is 9.08. The zero-order valence-corrected chi connectivity index (χ0v) is 14.3. The predicted octanol–water partition coefficient (Wildman–Crippen LogP) is 1.68. The Labute approximate surface area is 147 Å². The molecule has 0 unspecified atom stereocenters. The largest absolute Gasteiger partial charge is 0.493 e. The minimum Gasteiger partial charge on any atom is -0.493 e. The molecule has 25 heavy (non-hydrogen) atoms. The fourth-order valence-corrected chi connectivity index (χ4v) is 4.33. The molecule has 2 N–H and O–H groups in total. The zero-order chi connectivity index (χ0) is 17.4. The fourth-order valence-electron chi connectivity index (χ4n) is 4.33. The number of likely N-dealkylation sites (tertiary alicyclic amines) is 1. The Bertz CT molecular complexity index is 695. The third-order valence-corrected chi connectivity index (χ3v) is 5.93. The zero-order valence-electron chi connectivity index (χ0n) is 14.3. The number of aryl methyl sites for hydroxylation is 1. The molecule has 4 rings (SSSR count). The number of rotatable bonds is 2. The van der Waals surface area contributed by atoms with E-state index in [1.165, 1.54) is 0 Å². The third-order valence-electron chi connectivity index (χ3n) is 5.93. The lowest BCUT2D eigenvalue weighted by atomic mass is 9.76. The van der Waals surface area contributed by atoms with Crippen molar-refractivity contribution in [2.45, 2.75) is 38.1 Å². The summed E-state index contributed by atoms with van der Waals surface area (Å²) in [6.45, 7) is 2.88. The van der Waals surface area contributed by atoms with Gasteiger partial charge in [0.15, 0.2) is 0 Å². The Hall–Kier alpha value is -2.08. The summed E-state index contributed by atoms with van der Waals surface area (Å²) in [5, 5.41) is 12.3. The number of carboxylic acids is 1. The van der Waals surface area contributed by atoms with Gasteiger partial charge in [-0.3, -0.25) is 9.59 Å². The number of nitrogens with one attached hydrogen (secondary N) is 1. The number of hydrogen-bond acceptors (Lipinski definition) is 4. The van der Waals surface area contributed by atoms with E-state index < -0.39 is 12.0 Å². The van der Waals surface area contributed by atoms with Crippen molar-refractivity contribution in [1.82, 2.24) is 10.2 Å². The van der Waals surface area contributed by atoms with Crippen LogP contribution >= 0.6 is 0 Å². The van der Waals surface area contributed by atoms with E-state index in [0.717, 1.165) is 55.7 Å². The van der Waals surface area contributed by atoms with Crippen LogP contribution in [0.3, 0.4) is 0 Å². The molecule has 2 fully saturated rings. The molecule has 3 aliphatic heterocycles. The number of piperidine rings is 1. The highest BCUT2D eigenvalue weighted by Gasteiger charge is 2.44. The summed E-state index contributed by atoms with van der Waals surface area (Å²) in [6, 6.07) is 5.29. The van der Waals surface area contributed by atoms with Gasteiger partial charge in [-0.25, -0.2) is 0 Å². The predicted molar refractivity (Wildman–Crippen MR) is 91.9 cm³/mol. The van der Waals surface area contributed by atoms with Crippen LogP contribution in [-0.4, -0.2) is 54.2 Å². The molecule has 3 aliphatic rings. The molecule has 1 aromatic rings. The number of aliphatic carboxylic acids is 1. The molecular formula is C19H24N2O4. The van der Waals surface area contributed by atoms with Gasteiger partial charge in [-0.2, -0.15) is 0 Å². The molecule has 6 nitrogen and oxygen atoms in total. The van der Waals surface area contributed by atoms with Gasteiger partial charge in [0.05, 0.1) is 6.61 Å². The maximum Gasteiger partial charge on any atom is 0.320 e. The van der Waals surface area contributed by atoms with Crippen LogP contribution in [0.2, 0.25) is 0 Å². The van der Waals surface area contributed by atoms with E-state index in [2.05, 4.69) is 5.32 Å². The van der Waals surface area contributed by atoms with Gasteiger partial charge in [0.25, 0.3) is 5.91 Å². The second-order valence-electron chi connectivity index (χ2n) is 7.54. The lowest BCUT2D eigenvalue weighted by molar-refractivity contribution is -0.139. The van der Waals surface area contributed by atoms with Crippen molar-refractivity contribution in [1.29, 1.82) is 0 Å². The minimum absolute atomic E-state index is 0.0313. The van der Waals surface area contributed by atoms with Crippen molar-refractivity contribution < 1.29 is 19.4 Å². The first-order chi connectivity index (χ1) is 12.1. The highest BCUT2D eigenvalue weighted by atomic mass is 16.5. The van der Waals surface area contributed by atoms with Crippen LogP contribution in [0, 0.1) is 5.41 Å². The number of carbonyl (C=O) groups excluding carboxylic acids is 1. The molecule has 0 aliphatic carbocycles. The molecular weight excluding hydrogens is 320 g/mol. The van der Waals surface area contributed by atoms with Gasteiger partial charge in [-0.15, -0.1) is 0 Å². The van der Waals surface area contributed by atoms with Gasteiger partial charge in [0.2, 0.25) is 0 Å². The molecule has 6 heteroatoms. The molecule has 2 saturated heterocycles. The summed E-state index contributed by atoms with van der Waals surface area (Å²) >= 11 is 0. The standard InChI is InChI=1S/C19H24N2O4/c22-17(14-3-4-16-13(10-14)2-1-9-25-16)21-7-5-19(6-8-21)11-15(18(23)24)20-12-19/h3-4,10,15,20H,1-2,5-9,11-12H2,(H,23,24)/t15-/m0/s1. The van der Waals surface area contributed by atoms with Crippen LogP contribution in [0.5, 0.6) is 5.75 Å². The molecule has 0 bridgehead atoms. The monoisotopic (exact) mass is 344 g/mol. The average molecular weight is 344 g/mol. The maximum absolute atomic E-state index is 12.8. The summed E-state index contributed by atoms with van der Waals surface area (Å²) in [4.78, 5) is 25.9. The summed E-state index contributed by atoms with van der Waals surface area (Å²) in [6.07, 6.45) is 4.35. The molecule has 3 heterocycles. The Kier molecular flexibility index (Phi) is 4.15. The highest BCUT2D eigenvalue weighted by Crippen LogP contribution is 2.39. The highest BCUT2D eigenvalue weighted by molar-refractivity contribution is 5.94. The number of nitrogens with zero attached hydrogens (tertiary/aromatic N) is 1. The topological polar surface area (TPSA) is 78.9 Å². The molecule has 1 atom stereocenters. The van der Waals surface area contributed by atoms with Gasteiger partial charge in [0, 0.05) is 25.2 Å². The van der Waals surface area contributed by atoms with Crippen molar-refractivity contribution in [3.63, 3.8) is 0 Å². The van der Waals surface area contributed by atoms with E-state index in [1.54, 1.807) is 0 Å². The number of hydrogen-bond donors (Lipinski definition) is 2. The third kappa shape index (κ3) is 3.11. The van der Waals surface area contributed by atoms with Crippen LogP contribution in [0.4, 0.5) is 0 Å². The minimum atomic E-state index is -0.772. The first-order valence-corrected chi connectivity index (χ1v) is 9.08. The second kappa shape index (κ2) is 6.33. The summed E-state index contributed by atoms with van der Waals surface area (Å²) in [5.74, 6) is 0.202. The molecule has 0 saturated carbocycles. The number of fused-ring (bicyclic) bond motifs is 1. The number of ether oxygens (including phenoxy) is 1. The van der Waals surface area contributed by atoms with E-state index in [4.69, 9.17) is 4.74 Å². The Balaban J connectivity index is 1.41. The molecule has 1 amide bonds. The molecule has 0 aromatic heterocycles. The van der Waals surface area contributed by atoms with E-state index in [-0.39, 0.29) is 11.3 Å². The normalized spacial score (nSPS) is 24.6. The van der Waals surface area contributed by atoms with Crippen LogP contribution < -0.4 is 10.1 Å². The number of carboxylic acid groups (broad SMARTS) is 1. The van der Waals surface area contributed by atoms with E-state index in [9.17, 15) is 14.7 Å². The number of amides is 1. The average Bonchev–Trinajstić information content (AvgIpc) is 3.05. The number of benzene rings is 1.